The van der Waals surface area contributed by atoms with Crippen molar-refractivity contribution in [1.82, 2.24) is 4.57 Å². The highest BCUT2D eigenvalue weighted by molar-refractivity contribution is 8.00. The van der Waals surface area contributed by atoms with E-state index < -0.39 is 0 Å². The summed E-state index contributed by atoms with van der Waals surface area (Å²) in [6.45, 7) is 5.29. The Hall–Kier alpha value is -3.38. The van der Waals surface area contributed by atoms with Crippen LogP contribution < -0.4 is 14.8 Å². The lowest BCUT2D eigenvalue weighted by Crippen LogP contribution is -2.13. The van der Waals surface area contributed by atoms with Gasteiger partial charge in [-0.25, -0.2) is 0 Å². The van der Waals surface area contributed by atoms with Gasteiger partial charge in [0.05, 0.1) is 5.75 Å². The fraction of sp³-hybridized carbons (Fsp3) is 0.192. The number of anilines is 1. The van der Waals surface area contributed by atoms with E-state index in [0.717, 1.165) is 11.4 Å². The largest absolute Gasteiger partial charge is 0.454 e. The van der Waals surface area contributed by atoms with Gasteiger partial charge in [0.15, 0.2) is 11.5 Å². The molecule has 0 saturated heterocycles. The number of nitrogens with one attached hydrogen (secondary N) is 1. The maximum absolute atomic E-state index is 12.6. The van der Waals surface area contributed by atoms with Crippen LogP contribution in [0, 0.1) is 13.8 Å². The van der Waals surface area contributed by atoms with Crippen molar-refractivity contribution in [3.05, 3.63) is 83.6 Å². The maximum Gasteiger partial charge on any atom is 0.234 e. The third kappa shape index (κ3) is 4.18. The van der Waals surface area contributed by atoms with Crippen molar-refractivity contribution in [2.24, 2.45) is 0 Å². The number of benzene rings is 3. The second-order valence-corrected chi connectivity index (χ2v) is 8.99. The summed E-state index contributed by atoms with van der Waals surface area (Å²) in [5, 5.41) is 4.11. The minimum absolute atomic E-state index is 0.0553. The number of aromatic nitrogens is 1. The van der Waals surface area contributed by atoms with E-state index in [2.05, 4.69) is 66.3 Å². The van der Waals surface area contributed by atoms with Crippen LogP contribution in [0.3, 0.4) is 0 Å². The number of carbonyl (C=O) groups is 1. The first-order valence-electron chi connectivity index (χ1n) is 10.5. The minimum atomic E-state index is -0.0553. The number of para-hydroxylation sites is 1. The van der Waals surface area contributed by atoms with Gasteiger partial charge in [0, 0.05) is 40.3 Å². The molecule has 0 radical (unpaired) electrons. The highest BCUT2D eigenvalue weighted by Gasteiger charge is 2.15. The number of hydrogen-bond acceptors (Lipinski definition) is 4. The first kappa shape index (κ1) is 20.5. The van der Waals surface area contributed by atoms with Gasteiger partial charge in [0.2, 0.25) is 12.7 Å². The lowest BCUT2D eigenvalue weighted by atomic mass is 10.1. The van der Waals surface area contributed by atoms with Gasteiger partial charge < -0.3 is 19.4 Å². The maximum atomic E-state index is 12.6. The summed E-state index contributed by atoms with van der Waals surface area (Å²) in [5.41, 5.74) is 5.73. The molecule has 0 bridgehead atoms. The number of rotatable bonds is 6. The number of thioether (sulfide) groups is 1. The van der Waals surface area contributed by atoms with E-state index in [9.17, 15) is 4.79 Å². The molecule has 5 nitrogen and oxygen atoms in total. The Morgan fingerprint density at radius 1 is 1.03 bits per heavy atom. The molecule has 1 amide bonds. The third-order valence-corrected chi connectivity index (χ3v) is 6.66. The second kappa shape index (κ2) is 8.63. The van der Waals surface area contributed by atoms with Crippen LogP contribution in [0.4, 0.5) is 5.69 Å². The van der Waals surface area contributed by atoms with Gasteiger partial charge in [0.1, 0.15) is 0 Å². The third-order valence-electron chi connectivity index (χ3n) is 5.61. The number of nitrogens with zero attached hydrogens (tertiary/aromatic N) is 1. The zero-order valence-electron chi connectivity index (χ0n) is 18.1. The minimum Gasteiger partial charge on any atom is -0.454 e. The number of aryl methyl sites for hydroxylation is 2. The molecule has 162 valence electrons. The Morgan fingerprint density at radius 3 is 2.78 bits per heavy atom. The molecule has 0 spiro atoms. The summed E-state index contributed by atoms with van der Waals surface area (Å²) in [4.78, 5) is 13.7. The fourth-order valence-corrected chi connectivity index (χ4v) is 4.82. The molecule has 0 saturated carbocycles. The molecule has 1 aliphatic heterocycles. The molecule has 0 atom stereocenters. The standard InChI is InChI=1S/C26H24N2O3S/c1-17-7-8-18(2)19(11-17)13-28-14-25(21-5-3-4-6-22(21)28)32-15-26(29)27-20-9-10-23-24(12-20)31-16-30-23/h3-12,14H,13,15-16H2,1-2H3,(H,27,29). The van der Waals surface area contributed by atoms with Crippen molar-refractivity contribution in [1.29, 1.82) is 0 Å². The fourth-order valence-electron chi connectivity index (χ4n) is 3.93. The Labute approximate surface area is 191 Å². The summed E-state index contributed by atoms with van der Waals surface area (Å²) in [6, 6.07) is 20.3. The number of fused-ring (bicyclic) bond motifs is 2. The van der Waals surface area contributed by atoms with Gasteiger partial charge in [-0.2, -0.15) is 0 Å². The normalized spacial score (nSPS) is 12.3. The van der Waals surface area contributed by atoms with Gasteiger partial charge >= 0.3 is 0 Å². The van der Waals surface area contributed by atoms with E-state index in [1.54, 1.807) is 17.8 Å². The molecule has 4 aromatic rings. The van der Waals surface area contributed by atoms with Crippen molar-refractivity contribution in [3.63, 3.8) is 0 Å². The summed E-state index contributed by atoms with van der Waals surface area (Å²) in [7, 11) is 0. The zero-order chi connectivity index (χ0) is 22.1. The Morgan fingerprint density at radius 2 is 1.88 bits per heavy atom. The summed E-state index contributed by atoms with van der Waals surface area (Å²) < 4.78 is 13.0. The van der Waals surface area contributed by atoms with Gasteiger partial charge in [-0.3, -0.25) is 4.79 Å². The van der Waals surface area contributed by atoms with Crippen LogP contribution in [-0.4, -0.2) is 23.0 Å². The SMILES string of the molecule is Cc1ccc(C)c(Cn2cc(SCC(=O)Nc3ccc4c(c3)OCO4)c3ccccc32)c1. The Balaban J connectivity index is 1.32. The van der Waals surface area contributed by atoms with Crippen molar-refractivity contribution < 1.29 is 14.3 Å². The van der Waals surface area contributed by atoms with Crippen molar-refractivity contribution >= 4 is 34.3 Å². The summed E-state index contributed by atoms with van der Waals surface area (Å²) in [6.07, 6.45) is 2.16. The molecule has 1 N–H and O–H groups in total. The van der Waals surface area contributed by atoms with Gasteiger partial charge in [-0.15, -0.1) is 11.8 Å². The molecular weight excluding hydrogens is 420 g/mol. The topological polar surface area (TPSA) is 52.5 Å². The zero-order valence-corrected chi connectivity index (χ0v) is 18.9. The average molecular weight is 445 g/mol. The number of carbonyl (C=O) groups excluding carboxylic acids is 1. The summed E-state index contributed by atoms with van der Waals surface area (Å²) >= 11 is 1.55. The number of amides is 1. The van der Waals surface area contributed by atoms with Crippen LogP contribution in [0.15, 0.2) is 71.8 Å². The lowest BCUT2D eigenvalue weighted by Gasteiger charge is -2.09. The van der Waals surface area contributed by atoms with Crippen LogP contribution >= 0.6 is 11.8 Å². The van der Waals surface area contributed by atoms with E-state index >= 15 is 0 Å². The highest BCUT2D eigenvalue weighted by atomic mass is 32.2. The highest BCUT2D eigenvalue weighted by Crippen LogP contribution is 2.35. The van der Waals surface area contributed by atoms with E-state index in [1.807, 2.05) is 18.2 Å². The molecule has 0 fully saturated rings. The summed E-state index contributed by atoms with van der Waals surface area (Å²) in [5.74, 6) is 1.63. The van der Waals surface area contributed by atoms with E-state index in [-0.39, 0.29) is 12.7 Å². The van der Waals surface area contributed by atoms with Crippen molar-refractivity contribution in [3.8, 4) is 11.5 Å². The molecule has 1 aromatic heterocycles. The van der Waals surface area contributed by atoms with Crippen LogP contribution in [-0.2, 0) is 11.3 Å². The number of hydrogen-bond donors (Lipinski definition) is 1. The predicted molar refractivity (Wildman–Crippen MR) is 129 cm³/mol. The Bertz CT molecular complexity index is 1310. The first-order chi connectivity index (χ1) is 15.6. The number of ether oxygens (including phenoxy) is 2. The van der Waals surface area contributed by atoms with Crippen LogP contribution in [0.2, 0.25) is 0 Å². The molecule has 3 aromatic carbocycles. The first-order valence-corrected chi connectivity index (χ1v) is 11.5. The molecule has 0 aliphatic carbocycles. The monoisotopic (exact) mass is 444 g/mol. The van der Waals surface area contributed by atoms with E-state index in [1.165, 1.54) is 27.6 Å². The van der Waals surface area contributed by atoms with E-state index in [0.29, 0.717) is 22.9 Å². The Kier molecular flexibility index (Phi) is 5.53. The second-order valence-electron chi connectivity index (χ2n) is 7.97. The molecule has 5 rings (SSSR count). The van der Waals surface area contributed by atoms with Gasteiger partial charge in [-0.05, 0) is 43.2 Å². The average Bonchev–Trinajstić information content (AvgIpc) is 3.39. The van der Waals surface area contributed by atoms with E-state index in [4.69, 9.17) is 9.47 Å². The van der Waals surface area contributed by atoms with Gasteiger partial charge in [-0.1, -0.05) is 42.0 Å². The lowest BCUT2D eigenvalue weighted by molar-refractivity contribution is -0.113. The smallest absolute Gasteiger partial charge is 0.234 e. The van der Waals surface area contributed by atoms with Crippen molar-refractivity contribution in [2.45, 2.75) is 25.3 Å². The van der Waals surface area contributed by atoms with Crippen LogP contribution in [0.25, 0.3) is 10.9 Å². The molecule has 2 heterocycles. The van der Waals surface area contributed by atoms with Crippen LogP contribution in [0.1, 0.15) is 16.7 Å². The molecule has 32 heavy (non-hydrogen) atoms. The molecule has 0 unspecified atom stereocenters. The van der Waals surface area contributed by atoms with Crippen LogP contribution in [0.5, 0.6) is 11.5 Å². The predicted octanol–water partition coefficient (Wildman–Crippen LogP) is 5.77. The van der Waals surface area contributed by atoms with Gasteiger partial charge in [0.25, 0.3) is 0 Å². The van der Waals surface area contributed by atoms with Crippen molar-refractivity contribution in [2.75, 3.05) is 17.9 Å². The quantitative estimate of drug-likeness (QED) is 0.384. The molecule has 6 heteroatoms. The molecule has 1 aliphatic rings. The molecular formula is C26H24N2O3S.